The fourth-order valence-corrected chi connectivity index (χ4v) is 4.48. The zero-order chi connectivity index (χ0) is 12.4. The van der Waals surface area contributed by atoms with Gasteiger partial charge in [-0.15, -0.1) is 11.3 Å². The summed E-state index contributed by atoms with van der Waals surface area (Å²) in [6.45, 7) is 7.04. The van der Waals surface area contributed by atoms with E-state index in [1.807, 2.05) is 11.3 Å². The lowest BCUT2D eigenvalue weighted by Crippen LogP contribution is -2.58. The molecule has 1 N–H and O–H groups in total. The molecule has 2 aliphatic rings. The lowest BCUT2D eigenvalue weighted by Gasteiger charge is -2.41. The van der Waals surface area contributed by atoms with E-state index in [-0.39, 0.29) is 0 Å². The molecule has 2 nitrogen and oxygen atoms in total. The fraction of sp³-hybridized carbons (Fsp3) is 0.733. The number of thiophene rings is 1. The van der Waals surface area contributed by atoms with Crippen molar-refractivity contribution >= 4 is 11.3 Å². The summed E-state index contributed by atoms with van der Waals surface area (Å²) in [7, 11) is 0. The van der Waals surface area contributed by atoms with Crippen molar-refractivity contribution in [2.75, 3.05) is 19.6 Å². The standard InChI is InChI=1S/C15H24N2S/c1-2-13-5-6-14(18-13)11-17-10-9-16-15(12-17)7-3-4-8-15/h5-6,16H,2-4,7-12H2,1H3. The molecule has 0 atom stereocenters. The molecule has 1 spiro atoms. The average Bonchev–Trinajstić information content (AvgIpc) is 2.99. The smallest absolute Gasteiger partial charge is 0.0329 e. The second kappa shape index (κ2) is 5.32. The Morgan fingerprint density at radius 1 is 1.28 bits per heavy atom. The molecule has 1 saturated heterocycles. The molecule has 1 aromatic heterocycles. The summed E-state index contributed by atoms with van der Waals surface area (Å²) in [6.07, 6.45) is 6.78. The number of nitrogens with zero attached hydrogens (tertiary/aromatic N) is 1. The van der Waals surface area contributed by atoms with Crippen molar-refractivity contribution in [2.24, 2.45) is 0 Å². The largest absolute Gasteiger partial charge is 0.309 e. The third-order valence-corrected chi connectivity index (χ3v) is 5.67. The number of rotatable bonds is 3. The monoisotopic (exact) mass is 264 g/mol. The van der Waals surface area contributed by atoms with Gasteiger partial charge in [0.15, 0.2) is 0 Å². The first-order valence-corrected chi connectivity index (χ1v) is 8.16. The Balaban J connectivity index is 1.62. The third-order valence-electron chi connectivity index (χ3n) is 4.46. The molecule has 0 aromatic carbocycles. The second-order valence-corrected chi connectivity index (χ2v) is 7.10. The minimum Gasteiger partial charge on any atom is -0.309 e. The van der Waals surface area contributed by atoms with Crippen LogP contribution in [0.15, 0.2) is 12.1 Å². The highest BCUT2D eigenvalue weighted by molar-refractivity contribution is 7.11. The highest BCUT2D eigenvalue weighted by atomic mass is 32.1. The van der Waals surface area contributed by atoms with Gasteiger partial charge in [0.25, 0.3) is 0 Å². The second-order valence-electron chi connectivity index (χ2n) is 5.85. The van der Waals surface area contributed by atoms with Crippen LogP contribution in [0.2, 0.25) is 0 Å². The van der Waals surface area contributed by atoms with Gasteiger partial charge < -0.3 is 5.32 Å². The molecule has 1 aliphatic heterocycles. The number of piperazine rings is 1. The maximum atomic E-state index is 3.79. The van der Waals surface area contributed by atoms with Gasteiger partial charge in [-0.2, -0.15) is 0 Å². The highest BCUT2D eigenvalue weighted by Gasteiger charge is 2.37. The highest BCUT2D eigenvalue weighted by Crippen LogP contribution is 2.32. The van der Waals surface area contributed by atoms with Crippen LogP contribution in [0.4, 0.5) is 0 Å². The van der Waals surface area contributed by atoms with Gasteiger partial charge in [0, 0.05) is 41.5 Å². The lowest BCUT2D eigenvalue weighted by atomic mass is 9.94. The van der Waals surface area contributed by atoms with Crippen molar-refractivity contribution in [1.82, 2.24) is 10.2 Å². The Hall–Kier alpha value is -0.380. The van der Waals surface area contributed by atoms with Gasteiger partial charge in [0.1, 0.15) is 0 Å². The van der Waals surface area contributed by atoms with Gasteiger partial charge in [-0.1, -0.05) is 19.8 Å². The van der Waals surface area contributed by atoms with Crippen molar-refractivity contribution in [2.45, 2.75) is 51.1 Å². The first kappa shape index (κ1) is 12.6. The number of nitrogens with one attached hydrogen (secondary N) is 1. The zero-order valence-electron chi connectivity index (χ0n) is 11.4. The molecule has 18 heavy (non-hydrogen) atoms. The summed E-state index contributed by atoms with van der Waals surface area (Å²) in [5.74, 6) is 0. The van der Waals surface area contributed by atoms with Crippen molar-refractivity contribution in [1.29, 1.82) is 0 Å². The fourth-order valence-electron chi connectivity index (χ4n) is 3.48. The van der Waals surface area contributed by atoms with Crippen molar-refractivity contribution in [3.8, 4) is 0 Å². The minimum absolute atomic E-state index is 0.461. The van der Waals surface area contributed by atoms with Crippen LogP contribution in [0.3, 0.4) is 0 Å². The molecule has 0 amide bonds. The Labute approximate surface area is 114 Å². The van der Waals surface area contributed by atoms with Crippen LogP contribution in [-0.4, -0.2) is 30.1 Å². The van der Waals surface area contributed by atoms with Gasteiger partial charge in [-0.25, -0.2) is 0 Å². The van der Waals surface area contributed by atoms with E-state index in [1.54, 1.807) is 4.88 Å². The summed E-state index contributed by atoms with van der Waals surface area (Å²) >= 11 is 2.00. The Morgan fingerprint density at radius 2 is 2.06 bits per heavy atom. The normalized spacial score (nSPS) is 23.8. The molecule has 3 rings (SSSR count). The van der Waals surface area contributed by atoms with Crippen molar-refractivity contribution in [3.05, 3.63) is 21.9 Å². The topological polar surface area (TPSA) is 15.3 Å². The summed E-state index contributed by atoms with van der Waals surface area (Å²) < 4.78 is 0. The third kappa shape index (κ3) is 2.63. The van der Waals surface area contributed by atoms with Crippen molar-refractivity contribution in [3.63, 3.8) is 0 Å². The van der Waals surface area contributed by atoms with Crippen LogP contribution in [-0.2, 0) is 13.0 Å². The molecule has 0 unspecified atom stereocenters. The quantitative estimate of drug-likeness (QED) is 0.903. The predicted molar refractivity (Wildman–Crippen MR) is 78.2 cm³/mol. The summed E-state index contributed by atoms with van der Waals surface area (Å²) in [5.41, 5.74) is 0.461. The molecule has 100 valence electrons. The SMILES string of the molecule is CCc1ccc(CN2CCNC3(CCCC3)C2)s1. The molecule has 0 radical (unpaired) electrons. The molecule has 2 heterocycles. The van der Waals surface area contributed by atoms with Crippen molar-refractivity contribution < 1.29 is 0 Å². The molecule has 3 heteroatoms. The first-order chi connectivity index (χ1) is 8.80. The van der Waals surface area contributed by atoms with E-state index >= 15 is 0 Å². The zero-order valence-corrected chi connectivity index (χ0v) is 12.2. The predicted octanol–water partition coefficient (Wildman–Crippen LogP) is 3.03. The van der Waals surface area contributed by atoms with Crippen LogP contribution in [0.1, 0.15) is 42.4 Å². The van der Waals surface area contributed by atoms with Crippen LogP contribution >= 0.6 is 11.3 Å². The summed E-state index contributed by atoms with van der Waals surface area (Å²) in [5, 5.41) is 3.79. The van der Waals surface area contributed by atoms with E-state index in [1.165, 1.54) is 56.6 Å². The first-order valence-electron chi connectivity index (χ1n) is 7.35. The number of aryl methyl sites for hydroxylation is 1. The van der Waals surface area contributed by atoms with Gasteiger partial charge in [-0.05, 0) is 31.4 Å². The van der Waals surface area contributed by atoms with Gasteiger partial charge >= 0.3 is 0 Å². The molecular formula is C15H24N2S. The van der Waals surface area contributed by atoms with Crippen LogP contribution in [0.25, 0.3) is 0 Å². The van der Waals surface area contributed by atoms with Crippen LogP contribution in [0.5, 0.6) is 0 Å². The summed E-state index contributed by atoms with van der Waals surface area (Å²) in [4.78, 5) is 5.73. The van der Waals surface area contributed by atoms with E-state index < -0.39 is 0 Å². The van der Waals surface area contributed by atoms with E-state index in [2.05, 4.69) is 29.3 Å². The molecule has 1 aromatic rings. The Kier molecular flexibility index (Phi) is 3.73. The van der Waals surface area contributed by atoms with E-state index in [4.69, 9.17) is 0 Å². The molecule has 1 aliphatic carbocycles. The summed E-state index contributed by atoms with van der Waals surface area (Å²) in [6, 6.07) is 4.63. The van der Waals surface area contributed by atoms with Gasteiger partial charge in [0.05, 0.1) is 0 Å². The van der Waals surface area contributed by atoms with Gasteiger partial charge in [-0.3, -0.25) is 4.90 Å². The minimum atomic E-state index is 0.461. The van der Waals surface area contributed by atoms with E-state index in [9.17, 15) is 0 Å². The molecular weight excluding hydrogens is 240 g/mol. The maximum Gasteiger partial charge on any atom is 0.0329 e. The average molecular weight is 264 g/mol. The molecule has 1 saturated carbocycles. The number of hydrogen-bond donors (Lipinski definition) is 1. The van der Waals surface area contributed by atoms with E-state index in [0.717, 1.165) is 6.54 Å². The number of hydrogen-bond acceptors (Lipinski definition) is 3. The molecule has 0 bridgehead atoms. The Bertz CT molecular complexity index is 393. The van der Waals surface area contributed by atoms with Crippen LogP contribution in [0, 0.1) is 0 Å². The Morgan fingerprint density at radius 3 is 2.78 bits per heavy atom. The lowest BCUT2D eigenvalue weighted by molar-refractivity contribution is 0.130. The maximum absolute atomic E-state index is 3.79. The van der Waals surface area contributed by atoms with E-state index in [0.29, 0.717) is 5.54 Å². The molecule has 2 fully saturated rings. The van der Waals surface area contributed by atoms with Crippen LogP contribution < -0.4 is 5.32 Å². The van der Waals surface area contributed by atoms with Gasteiger partial charge in [0.2, 0.25) is 0 Å².